The highest BCUT2D eigenvalue weighted by Crippen LogP contribution is 2.32. The SMILES string of the molecule is COc1cc2c(cc1OC)CN(C(=O)C(F)(F)F)CC/C=C\C(=O)C=C2. The van der Waals surface area contributed by atoms with Crippen molar-refractivity contribution in [3.05, 3.63) is 41.5 Å². The second-order valence-electron chi connectivity index (χ2n) is 5.56. The number of carbonyl (C=O) groups excluding carboxylic acids is 2. The van der Waals surface area contributed by atoms with Crippen molar-refractivity contribution in [2.24, 2.45) is 0 Å². The second kappa shape index (κ2) is 8.07. The van der Waals surface area contributed by atoms with E-state index in [-0.39, 0.29) is 25.3 Å². The fraction of sp³-hybridized carbons (Fsp3) is 0.333. The van der Waals surface area contributed by atoms with Gasteiger partial charge in [0.1, 0.15) is 0 Å². The molecule has 0 spiro atoms. The quantitative estimate of drug-likeness (QED) is 0.804. The molecule has 0 saturated carbocycles. The van der Waals surface area contributed by atoms with E-state index >= 15 is 0 Å². The number of halogens is 3. The summed E-state index contributed by atoms with van der Waals surface area (Å²) in [5.74, 6) is -1.55. The number of amides is 1. The Balaban J connectivity index is 2.54. The highest BCUT2D eigenvalue weighted by atomic mass is 19.4. The van der Waals surface area contributed by atoms with Crippen LogP contribution in [0.3, 0.4) is 0 Å². The third kappa shape index (κ3) is 4.65. The lowest BCUT2D eigenvalue weighted by atomic mass is 10.0. The van der Waals surface area contributed by atoms with Crippen LogP contribution >= 0.6 is 0 Å². The van der Waals surface area contributed by atoms with Crippen LogP contribution in [0.1, 0.15) is 17.5 Å². The van der Waals surface area contributed by atoms with Crippen LogP contribution in [0.5, 0.6) is 11.5 Å². The van der Waals surface area contributed by atoms with Gasteiger partial charge in [0.05, 0.1) is 14.2 Å². The number of rotatable bonds is 2. The van der Waals surface area contributed by atoms with Crippen LogP contribution in [-0.4, -0.2) is 43.5 Å². The molecule has 8 heteroatoms. The molecule has 5 nitrogen and oxygen atoms in total. The Kier molecular flexibility index (Phi) is 6.07. The molecule has 1 amide bonds. The minimum atomic E-state index is -4.98. The Bertz CT molecular complexity index is 754. The van der Waals surface area contributed by atoms with Gasteiger partial charge in [-0.1, -0.05) is 12.2 Å². The maximum Gasteiger partial charge on any atom is 0.471 e. The number of alkyl halides is 3. The van der Waals surface area contributed by atoms with Crippen LogP contribution in [0, 0.1) is 0 Å². The maximum absolute atomic E-state index is 12.9. The Morgan fingerprint density at radius 1 is 1.08 bits per heavy atom. The standard InChI is InChI=1S/C18H18F3NO4/c1-25-15-9-12-6-7-14(23)5-3-4-8-22(17(24)18(19,20)21)11-13(12)10-16(15)26-2/h3,5-7,9-10H,4,8,11H2,1-2H3/b5-3-,7-6?. The van der Waals surface area contributed by atoms with Crippen molar-refractivity contribution in [2.45, 2.75) is 19.1 Å². The summed E-state index contributed by atoms with van der Waals surface area (Å²) in [6.45, 7) is -0.448. The van der Waals surface area contributed by atoms with E-state index in [2.05, 4.69) is 0 Å². The van der Waals surface area contributed by atoms with Crippen LogP contribution < -0.4 is 9.47 Å². The number of ketones is 1. The number of nitrogens with zero attached hydrogens (tertiary/aromatic N) is 1. The summed E-state index contributed by atoms with van der Waals surface area (Å²) in [6.07, 6.45) is 0.642. The fourth-order valence-electron chi connectivity index (χ4n) is 2.52. The number of methoxy groups -OCH3 is 2. The predicted molar refractivity (Wildman–Crippen MR) is 88.8 cm³/mol. The first kappa shape index (κ1) is 19.6. The van der Waals surface area contributed by atoms with Gasteiger partial charge in [0.25, 0.3) is 0 Å². The monoisotopic (exact) mass is 369 g/mol. The average molecular weight is 369 g/mol. The van der Waals surface area contributed by atoms with Gasteiger partial charge in [-0.15, -0.1) is 0 Å². The molecule has 0 N–H and O–H groups in total. The van der Waals surface area contributed by atoms with Gasteiger partial charge in [-0.25, -0.2) is 0 Å². The van der Waals surface area contributed by atoms with E-state index in [1.165, 1.54) is 44.6 Å². The first-order valence-corrected chi connectivity index (χ1v) is 7.76. The summed E-state index contributed by atoms with van der Waals surface area (Å²) in [7, 11) is 2.82. The molecule has 1 aromatic carbocycles. The summed E-state index contributed by atoms with van der Waals surface area (Å²) in [5.41, 5.74) is 0.873. The van der Waals surface area contributed by atoms with Gasteiger partial charge in [-0.3, -0.25) is 9.59 Å². The van der Waals surface area contributed by atoms with E-state index in [0.29, 0.717) is 27.5 Å². The molecule has 1 aromatic rings. The van der Waals surface area contributed by atoms with Crippen LogP contribution in [0.2, 0.25) is 0 Å². The molecule has 2 rings (SSSR count). The van der Waals surface area contributed by atoms with Crippen molar-refractivity contribution in [3.63, 3.8) is 0 Å². The lowest BCUT2D eigenvalue weighted by Crippen LogP contribution is -2.41. The normalized spacial score (nSPS) is 16.5. The smallest absolute Gasteiger partial charge is 0.471 e. The molecule has 140 valence electrons. The number of hydrogen-bond donors (Lipinski definition) is 0. The Morgan fingerprint density at radius 3 is 2.35 bits per heavy atom. The topological polar surface area (TPSA) is 55.8 Å². The molecule has 0 aromatic heterocycles. The molecular formula is C18H18F3NO4. The van der Waals surface area contributed by atoms with Gasteiger partial charge in [0.15, 0.2) is 17.3 Å². The first-order valence-electron chi connectivity index (χ1n) is 7.76. The average Bonchev–Trinajstić information content (AvgIpc) is 2.63. The van der Waals surface area contributed by atoms with Gasteiger partial charge < -0.3 is 14.4 Å². The summed E-state index contributed by atoms with van der Waals surface area (Å²) < 4.78 is 49.1. The van der Waals surface area contributed by atoms with E-state index in [9.17, 15) is 22.8 Å². The molecule has 1 aliphatic rings. The number of benzene rings is 1. The maximum atomic E-state index is 12.9. The van der Waals surface area contributed by atoms with E-state index in [1.807, 2.05) is 0 Å². The zero-order valence-electron chi connectivity index (χ0n) is 14.3. The number of hydrogen-bond acceptors (Lipinski definition) is 4. The number of fused-ring (bicyclic) bond motifs is 1. The molecular weight excluding hydrogens is 351 g/mol. The molecule has 1 aliphatic heterocycles. The Labute approximate surface area is 148 Å². The van der Waals surface area contributed by atoms with Crippen LogP contribution in [0.4, 0.5) is 13.2 Å². The third-order valence-corrected chi connectivity index (χ3v) is 3.81. The van der Waals surface area contributed by atoms with E-state index in [0.717, 1.165) is 0 Å². The van der Waals surface area contributed by atoms with Crippen molar-refractivity contribution in [1.29, 1.82) is 0 Å². The number of allylic oxidation sites excluding steroid dienone is 2. The van der Waals surface area contributed by atoms with Crippen molar-refractivity contribution in [2.75, 3.05) is 20.8 Å². The summed E-state index contributed by atoms with van der Waals surface area (Å²) in [4.78, 5) is 24.2. The molecule has 0 bridgehead atoms. The molecule has 0 saturated heterocycles. The minimum Gasteiger partial charge on any atom is -0.493 e. The predicted octanol–water partition coefficient (Wildman–Crippen LogP) is 3.14. The summed E-state index contributed by atoms with van der Waals surface area (Å²) >= 11 is 0. The minimum absolute atomic E-state index is 0.129. The van der Waals surface area contributed by atoms with Gasteiger partial charge in [-0.05, 0) is 41.8 Å². The molecule has 1 heterocycles. The molecule has 0 radical (unpaired) electrons. The van der Waals surface area contributed by atoms with Crippen molar-refractivity contribution in [3.8, 4) is 11.5 Å². The van der Waals surface area contributed by atoms with E-state index in [4.69, 9.17) is 9.47 Å². The van der Waals surface area contributed by atoms with Gasteiger partial charge in [-0.2, -0.15) is 13.2 Å². The van der Waals surface area contributed by atoms with Crippen molar-refractivity contribution in [1.82, 2.24) is 4.90 Å². The lowest BCUT2D eigenvalue weighted by Gasteiger charge is -2.24. The van der Waals surface area contributed by atoms with Crippen molar-refractivity contribution >= 4 is 17.8 Å². The van der Waals surface area contributed by atoms with Gasteiger partial charge >= 0.3 is 12.1 Å². The van der Waals surface area contributed by atoms with Crippen LogP contribution in [0.25, 0.3) is 6.08 Å². The van der Waals surface area contributed by atoms with Crippen LogP contribution in [0.15, 0.2) is 30.4 Å². The lowest BCUT2D eigenvalue weighted by molar-refractivity contribution is -0.186. The summed E-state index contributed by atoms with van der Waals surface area (Å²) in [6, 6.07) is 3.06. The largest absolute Gasteiger partial charge is 0.493 e. The zero-order valence-corrected chi connectivity index (χ0v) is 14.3. The molecule has 26 heavy (non-hydrogen) atoms. The van der Waals surface area contributed by atoms with Crippen molar-refractivity contribution < 1.29 is 32.2 Å². The molecule has 0 aliphatic carbocycles. The highest BCUT2D eigenvalue weighted by molar-refractivity contribution is 6.02. The van der Waals surface area contributed by atoms with E-state index in [1.54, 1.807) is 6.07 Å². The number of ether oxygens (including phenoxy) is 2. The molecule has 0 atom stereocenters. The fourth-order valence-corrected chi connectivity index (χ4v) is 2.52. The Morgan fingerprint density at radius 2 is 1.73 bits per heavy atom. The van der Waals surface area contributed by atoms with Crippen LogP contribution in [-0.2, 0) is 16.1 Å². The summed E-state index contributed by atoms with van der Waals surface area (Å²) in [5, 5.41) is 0. The number of carbonyl (C=O) groups is 2. The van der Waals surface area contributed by atoms with Gasteiger partial charge in [0, 0.05) is 13.1 Å². The Hall–Kier alpha value is -2.77. The zero-order chi connectivity index (χ0) is 19.3. The highest BCUT2D eigenvalue weighted by Gasteiger charge is 2.42. The second-order valence-corrected chi connectivity index (χ2v) is 5.56. The molecule has 0 fully saturated rings. The molecule has 0 unspecified atom stereocenters. The first-order chi connectivity index (χ1) is 12.3. The third-order valence-electron chi connectivity index (χ3n) is 3.81. The van der Waals surface area contributed by atoms with E-state index < -0.39 is 12.1 Å². The van der Waals surface area contributed by atoms with Gasteiger partial charge in [0.2, 0.25) is 0 Å².